The summed E-state index contributed by atoms with van der Waals surface area (Å²) in [6.07, 6.45) is -0.0373. The maximum atomic E-state index is 11.9. The standard InChI is InChI=1S/C13H25NO4/c1-9(2)7-10(11(16)8-15)14(6)12(17)18-13(3,4)5/h9-10,15H,7-8H2,1-6H3. The number of Topliss-reactive ketones (excluding diaryl/α,β-unsaturated/α-hetero) is 1. The maximum Gasteiger partial charge on any atom is 0.410 e. The Morgan fingerprint density at radius 1 is 1.28 bits per heavy atom. The third kappa shape index (κ3) is 6.00. The van der Waals surface area contributed by atoms with Crippen molar-refractivity contribution in [1.29, 1.82) is 0 Å². The molecule has 0 aliphatic carbocycles. The van der Waals surface area contributed by atoms with Gasteiger partial charge in [-0.2, -0.15) is 0 Å². The summed E-state index contributed by atoms with van der Waals surface area (Å²) in [4.78, 5) is 24.8. The van der Waals surface area contributed by atoms with Crippen molar-refractivity contribution in [2.75, 3.05) is 13.7 Å². The Labute approximate surface area is 109 Å². The summed E-state index contributed by atoms with van der Waals surface area (Å²) in [5.41, 5.74) is -0.601. The number of nitrogens with zero attached hydrogens (tertiary/aromatic N) is 1. The summed E-state index contributed by atoms with van der Waals surface area (Å²) in [5.74, 6) is -0.118. The molecule has 1 amide bonds. The van der Waals surface area contributed by atoms with Gasteiger partial charge in [0.2, 0.25) is 0 Å². The van der Waals surface area contributed by atoms with E-state index in [1.165, 1.54) is 11.9 Å². The zero-order valence-electron chi connectivity index (χ0n) is 12.2. The van der Waals surface area contributed by atoms with Crippen molar-refractivity contribution in [3.8, 4) is 0 Å². The highest BCUT2D eigenvalue weighted by Gasteiger charge is 2.30. The molecule has 1 unspecified atom stereocenters. The van der Waals surface area contributed by atoms with Crippen LogP contribution in [0, 0.1) is 5.92 Å². The van der Waals surface area contributed by atoms with E-state index in [1.54, 1.807) is 20.8 Å². The molecule has 5 nitrogen and oxygen atoms in total. The Balaban J connectivity index is 4.79. The summed E-state index contributed by atoms with van der Waals surface area (Å²) in [6.45, 7) is 8.66. The van der Waals surface area contributed by atoms with Crippen LogP contribution in [0.4, 0.5) is 4.79 Å². The fourth-order valence-electron chi connectivity index (χ4n) is 1.52. The SMILES string of the molecule is CC(C)CC(C(=O)CO)N(C)C(=O)OC(C)(C)C. The fourth-order valence-corrected chi connectivity index (χ4v) is 1.52. The molecule has 0 saturated heterocycles. The number of hydrogen-bond donors (Lipinski definition) is 1. The van der Waals surface area contributed by atoms with Crippen molar-refractivity contribution in [2.45, 2.75) is 52.7 Å². The molecule has 0 radical (unpaired) electrons. The van der Waals surface area contributed by atoms with E-state index < -0.39 is 24.3 Å². The molecule has 0 aromatic carbocycles. The van der Waals surface area contributed by atoms with Gasteiger partial charge >= 0.3 is 6.09 Å². The first kappa shape index (κ1) is 16.9. The van der Waals surface area contributed by atoms with Gasteiger partial charge in [-0.15, -0.1) is 0 Å². The maximum absolute atomic E-state index is 11.9. The van der Waals surface area contributed by atoms with E-state index in [0.29, 0.717) is 6.42 Å². The highest BCUT2D eigenvalue weighted by molar-refractivity contribution is 5.88. The summed E-state index contributed by atoms with van der Waals surface area (Å²) in [5, 5.41) is 8.95. The van der Waals surface area contributed by atoms with Crippen molar-refractivity contribution >= 4 is 11.9 Å². The number of amides is 1. The van der Waals surface area contributed by atoms with E-state index in [2.05, 4.69) is 0 Å². The first-order valence-electron chi connectivity index (χ1n) is 6.18. The van der Waals surface area contributed by atoms with Gasteiger partial charge < -0.3 is 14.7 Å². The van der Waals surface area contributed by atoms with Gasteiger partial charge in [0.1, 0.15) is 12.2 Å². The van der Waals surface area contributed by atoms with E-state index in [4.69, 9.17) is 9.84 Å². The van der Waals surface area contributed by atoms with Crippen LogP contribution >= 0.6 is 0 Å². The minimum atomic E-state index is -0.634. The molecule has 0 saturated carbocycles. The number of rotatable bonds is 5. The van der Waals surface area contributed by atoms with Crippen LogP contribution in [0.3, 0.4) is 0 Å². The summed E-state index contributed by atoms with van der Waals surface area (Å²) >= 11 is 0. The predicted octanol–water partition coefficient (Wildman–Crippen LogP) is 1.83. The van der Waals surface area contributed by atoms with Crippen LogP contribution in [0.5, 0.6) is 0 Å². The number of aliphatic hydroxyl groups excluding tert-OH is 1. The number of ether oxygens (including phenoxy) is 1. The van der Waals surface area contributed by atoms with E-state index in [9.17, 15) is 9.59 Å². The first-order valence-corrected chi connectivity index (χ1v) is 6.18. The van der Waals surface area contributed by atoms with Crippen LogP contribution in [0.15, 0.2) is 0 Å². The van der Waals surface area contributed by atoms with Gasteiger partial charge in [-0.05, 0) is 33.1 Å². The Bertz CT molecular complexity index is 294. The van der Waals surface area contributed by atoms with Crippen molar-refractivity contribution in [3.63, 3.8) is 0 Å². The number of aliphatic hydroxyl groups is 1. The molecule has 0 aromatic rings. The van der Waals surface area contributed by atoms with Gasteiger partial charge in [-0.1, -0.05) is 13.8 Å². The highest BCUT2D eigenvalue weighted by atomic mass is 16.6. The molecule has 0 aliphatic rings. The third-order valence-electron chi connectivity index (χ3n) is 2.37. The van der Waals surface area contributed by atoms with Gasteiger partial charge in [0.25, 0.3) is 0 Å². The quantitative estimate of drug-likeness (QED) is 0.818. The summed E-state index contributed by atoms with van der Waals surface area (Å²) < 4.78 is 5.21. The molecular formula is C13H25NO4. The zero-order chi connectivity index (χ0) is 14.5. The molecule has 0 rings (SSSR count). The van der Waals surface area contributed by atoms with Gasteiger partial charge in [0.05, 0.1) is 6.04 Å². The van der Waals surface area contributed by atoms with E-state index in [1.807, 2.05) is 13.8 Å². The molecule has 1 atom stereocenters. The van der Waals surface area contributed by atoms with Gasteiger partial charge in [-0.3, -0.25) is 4.79 Å². The van der Waals surface area contributed by atoms with Crippen LogP contribution < -0.4 is 0 Å². The Morgan fingerprint density at radius 2 is 1.78 bits per heavy atom. The lowest BCUT2D eigenvalue weighted by atomic mass is 9.99. The minimum absolute atomic E-state index is 0.246. The van der Waals surface area contributed by atoms with Crippen LogP contribution in [-0.4, -0.2) is 47.2 Å². The lowest BCUT2D eigenvalue weighted by Crippen LogP contribution is -2.46. The van der Waals surface area contributed by atoms with Crippen LogP contribution in [0.2, 0.25) is 0 Å². The number of likely N-dealkylation sites (N-methyl/N-ethyl adjacent to an activating group) is 1. The van der Waals surface area contributed by atoms with Crippen molar-refractivity contribution < 1.29 is 19.4 Å². The number of ketones is 1. The van der Waals surface area contributed by atoms with Crippen LogP contribution in [0.1, 0.15) is 41.0 Å². The van der Waals surface area contributed by atoms with Gasteiger partial charge in [0.15, 0.2) is 5.78 Å². The predicted molar refractivity (Wildman–Crippen MR) is 69.3 cm³/mol. The van der Waals surface area contributed by atoms with E-state index >= 15 is 0 Å². The van der Waals surface area contributed by atoms with Crippen molar-refractivity contribution in [2.24, 2.45) is 5.92 Å². The molecule has 0 aromatic heterocycles. The highest BCUT2D eigenvalue weighted by Crippen LogP contribution is 2.15. The van der Waals surface area contributed by atoms with Gasteiger partial charge in [0, 0.05) is 7.05 Å². The number of carbonyl (C=O) groups excluding carboxylic acids is 2. The second kappa shape index (κ2) is 6.73. The summed E-state index contributed by atoms with van der Waals surface area (Å²) in [7, 11) is 1.52. The average molecular weight is 259 g/mol. The lowest BCUT2D eigenvalue weighted by molar-refractivity contribution is -0.127. The molecule has 106 valence electrons. The lowest BCUT2D eigenvalue weighted by Gasteiger charge is -2.30. The molecule has 0 fully saturated rings. The monoisotopic (exact) mass is 259 g/mol. The first-order chi connectivity index (χ1) is 8.08. The van der Waals surface area contributed by atoms with Crippen LogP contribution in [0.25, 0.3) is 0 Å². The van der Waals surface area contributed by atoms with Gasteiger partial charge in [-0.25, -0.2) is 4.79 Å². The normalized spacial score (nSPS) is 13.3. The van der Waals surface area contributed by atoms with E-state index in [0.717, 1.165) is 0 Å². The molecule has 5 heteroatoms. The Morgan fingerprint density at radius 3 is 2.11 bits per heavy atom. The zero-order valence-corrected chi connectivity index (χ0v) is 12.2. The summed E-state index contributed by atoms with van der Waals surface area (Å²) in [6, 6.07) is -0.634. The molecule has 0 bridgehead atoms. The van der Waals surface area contributed by atoms with Crippen LogP contribution in [-0.2, 0) is 9.53 Å². The number of hydrogen-bond acceptors (Lipinski definition) is 4. The molecule has 18 heavy (non-hydrogen) atoms. The third-order valence-corrected chi connectivity index (χ3v) is 2.37. The molecule has 0 aliphatic heterocycles. The Kier molecular flexibility index (Phi) is 6.32. The van der Waals surface area contributed by atoms with E-state index in [-0.39, 0.29) is 11.7 Å². The Hall–Kier alpha value is -1.10. The molecule has 0 spiro atoms. The molecule has 1 N–H and O–H groups in total. The largest absolute Gasteiger partial charge is 0.444 e. The smallest absolute Gasteiger partial charge is 0.410 e. The van der Waals surface area contributed by atoms with Crippen molar-refractivity contribution in [1.82, 2.24) is 4.90 Å². The minimum Gasteiger partial charge on any atom is -0.444 e. The molecular weight excluding hydrogens is 234 g/mol. The fraction of sp³-hybridized carbons (Fsp3) is 0.846. The second-order valence-corrected chi connectivity index (χ2v) is 5.86. The van der Waals surface area contributed by atoms with Crippen molar-refractivity contribution in [3.05, 3.63) is 0 Å². The average Bonchev–Trinajstić information content (AvgIpc) is 2.21. The topological polar surface area (TPSA) is 66.8 Å². The number of carbonyl (C=O) groups is 2. The molecule has 0 heterocycles. The second-order valence-electron chi connectivity index (χ2n) is 5.86.